The predicted molar refractivity (Wildman–Crippen MR) is 91.1 cm³/mol. The standard InChI is InChI=1S/C18H19BrN2O/c1-2-18(10-6-3-7-11-18)20-12-14-13-22-17(21-14)15-8-4-5-9-16(15)19/h1,4-5,8-9,13,20H,3,6-7,10-12H2. The average molecular weight is 359 g/mol. The lowest BCUT2D eigenvalue weighted by Gasteiger charge is -2.33. The van der Waals surface area contributed by atoms with E-state index in [0.29, 0.717) is 12.4 Å². The van der Waals surface area contributed by atoms with Gasteiger partial charge in [0.1, 0.15) is 6.26 Å². The number of halogens is 1. The van der Waals surface area contributed by atoms with Crippen molar-refractivity contribution in [2.75, 3.05) is 0 Å². The summed E-state index contributed by atoms with van der Waals surface area (Å²) in [6, 6.07) is 7.90. The van der Waals surface area contributed by atoms with E-state index in [1.807, 2.05) is 24.3 Å². The van der Waals surface area contributed by atoms with Gasteiger partial charge in [0.05, 0.1) is 16.8 Å². The van der Waals surface area contributed by atoms with Gasteiger partial charge in [-0.3, -0.25) is 5.32 Å². The quantitative estimate of drug-likeness (QED) is 0.815. The maximum Gasteiger partial charge on any atom is 0.227 e. The monoisotopic (exact) mass is 358 g/mol. The summed E-state index contributed by atoms with van der Waals surface area (Å²) in [7, 11) is 0. The molecule has 0 radical (unpaired) electrons. The normalized spacial score (nSPS) is 17.1. The fraction of sp³-hybridized carbons (Fsp3) is 0.389. The molecule has 1 saturated carbocycles. The number of hydrogen-bond acceptors (Lipinski definition) is 3. The molecule has 0 aliphatic heterocycles. The van der Waals surface area contributed by atoms with Crippen LogP contribution in [0.25, 0.3) is 11.5 Å². The van der Waals surface area contributed by atoms with Crippen molar-refractivity contribution in [1.82, 2.24) is 10.3 Å². The summed E-state index contributed by atoms with van der Waals surface area (Å²) in [5, 5.41) is 3.51. The molecule has 22 heavy (non-hydrogen) atoms. The first-order valence-electron chi connectivity index (χ1n) is 7.64. The number of oxazole rings is 1. The second kappa shape index (κ2) is 6.68. The zero-order valence-corrected chi connectivity index (χ0v) is 14.0. The molecule has 0 atom stereocenters. The summed E-state index contributed by atoms with van der Waals surface area (Å²) in [4.78, 5) is 4.56. The molecule has 4 heteroatoms. The van der Waals surface area contributed by atoms with Gasteiger partial charge in [0, 0.05) is 11.0 Å². The number of terminal acetylenes is 1. The molecule has 1 aromatic heterocycles. The topological polar surface area (TPSA) is 38.1 Å². The van der Waals surface area contributed by atoms with Gasteiger partial charge in [0.2, 0.25) is 5.89 Å². The van der Waals surface area contributed by atoms with Crippen LogP contribution in [0.2, 0.25) is 0 Å². The number of nitrogens with one attached hydrogen (secondary N) is 1. The van der Waals surface area contributed by atoms with E-state index < -0.39 is 0 Å². The van der Waals surface area contributed by atoms with Crippen LogP contribution in [0.4, 0.5) is 0 Å². The number of hydrogen-bond donors (Lipinski definition) is 1. The van der Waals surface area contributed by atoms with Crippen LogP contribution in [-0.4, -0.2) is 10.5 Å². The van der Waals surface area contributed by atoms with Crippen LogP contribution in [0, 0.1) is 12.3 Å². The van der Waals surface area contributed by atoms with E-state index in [9.17, 15) is 0 Å². The van der Waals surface area contributed by atoms with Gasteiger partial charge in [-0.2, -0.15) is 0 Å². The first kappa shape index (κ1) is 15.3. The van der Waals surface area contributed by atoms with Gasteiger partial charge in [-0.1, -0.05) is 37.3 Å². The molecule has 1 aromatic carbocycles. The highest BCUT2D eigenvalue weighted by Crippen LogP contribution is 2.29. The summed E-state index contributed by atoms with van der Waals surface area (Å²) < 4.78 is 6.58. The van der Waals surface area contributed by atoms with Gasteiger partial charge in [-0.05, 0) is 40.9 Å². The highest BCUT2D eigenvalue weighted by atomic mass is 79.9. The van der Waals surface area contributed by atoms with E-state index >= 15 is 0 Å². The van der Waals surface area contributed by atoms with Crippen LogP contribution < -0.4 is 5.32 Å². The highest BCUT2D eigenvalue weighted by Gasteiger charge is 2.29. The Kier molecular flexibility index (Phi) is 4.66. The third-order valence-corrected chi connectivity index (χ3v) is 4.94. The summed E-state index contributed by atoms with van der Waals surface area (Å²) in [6.07, 6.45) is 13.2. The Balaban J connectivity index is 1.70. The van der Waals surface area contributed by atoms with E-state index in [0.717, 1.165) is 28.6 Å². The molecule has 114 valence electrons. The van der Waals surface area contributed by atoms with Crippen molar-refractivity contribution in [1.29, 1.82) is 0 Å². The predicted octanol–water partition coefficient (Wildman–Crippen LogP) is 4.53. The lowest BCUT2D eigenvalue weighted by molar-refractivity contribution is 0.298. The van der Waals surface area contributed by atoms with Gasteiger partial charge in [0.25, 0.3) is 0 Å². The molecule has 2 aromatic rings. The maximum atomic E-state index is 5.76. The molecule has 3 nitrogen and oxygen atoms in total. The van der Waals surface area contributed by atoms with E-state index in [-0.39, 0.29) is 5.54 Å². The molecule has 0 amide bonds. The van der Waals surface area contributed by atoms with Crippen molar-refractivity contribution in [3.63, 3.8) is 0 Å². The lowest BCUT2D eigenvalue weighted by atomic mass is 9.82. The zero-order valence-electron chi connectivity index (χ0n) is 12.4. The van der Waals surface area contributed by atoms with Crippen molar-refractivity contribution in [3.05, 3.63) is 40.7 Å². The van der Waals surface area contributed by atoms with Gasteiger partial charge in [-0.25, -0.2) is 4.98 Å². The Morgan fingerprint density at radius 2 is 2.05 bits per heavy atom. The molecule has 0 spiro atoms. The zero-order chi connectivity index (χ0) is 15.4. The Hall–Kier alpha value is -1.57. The van der Waals surface area contributed by atoms with Gasteiger partial charge in [0.15, 0.2) is 0 Å². The summed E-state index contributed by atoms with van der Waals surface area (Å²) >= 11 is 3.52. The third-order valence-electron chi connectivity index (χ3n) is 4.25. The van der Waals surface area contributed by atoms with Crippen molar-refractivity contribution < 1.29 is 4.42 Å². The third kappa shape index (κ3) is 3.26. The number of nitrogens with zero attached hydrogens (tertiary/aromatic N) is 1. The lowest BCUT2D eigenvalue weighted by Crippen LogP contribution is -2.45. The van der Waals surface area contributed by atoms with Crippen LogP contribution in [0.5, 0.6) is 0 Å². The smallest absolute Gasteiger partial charge is 0.227 e. The second-order valence-electron chi connectivity index (χ2n) is 5.76. The van der Waals surface area contributed by atoms with E-state index in [2.05, 4.69) is 32.2 Å². The number of benzene rings is 1. The van der Waals surface area contributed by atoms with Crippen LogP contribution in [0.15, 0.2) is 39.4 Å². The first-order valence-corrected chi connectivity index (χ1v) is 8.44. The molecule has 0 bridgehead atoms. The minimum Gasteiger partial charge on any atom is -0.444 e. The van der Waals surface area contributed by atoms with E-state index in [1.54, 1.807) is 6.26 Å². The van der Waals surface area contributed by atoms with Crippen LogP contribution in [0.1, 0.15) is 37.8 Å². The summed E-state index contributed by atoms with van der Waals surface area (Å²) in [6.45, 7) is 0.637. The number of rotatable bonds is 4. The molecule has 1 fully saturated rings. The highest BCUT2D eigenvalue weighted by molar-refractivity contribution is 9.10. The molecule has 0 saturated heterocycles. The second-order valence-corrected chi connectivity index (χ2v) is 6.62. The fourth-order valence-electron chi connectivity index (χ4n) is 2.93. The Labute approximate surface area is 139 Å². The molecular weight excluding hydrogens is 340 g/mol. The van der Waals surface area contributed by atoms with Gasteiger partial charge in [-0.15, -0.1) is 6.42 Å². The molecule has 1 aliphatic rings. The fourth-order valence-corrected chi connectivity index (χ4v) is 3.39. The van der Waals surface area contributed by atoms with E-state index in [1.165, 1.54) is 19.3 Å². The van der Waals surface area contributed by atoms with Crippen LogP contribution in [0.3, 0.4) is 0 Å². The van der Waals surface area contributed by atoms with Crippen molar-refractivity contribution in [2.24, 2.45) is 0 Å². The van der Waals surface area contributed by atoms with Crippen LogP contribution >= 0.6 is 15.9 Å². The van der Waals surface area contributed by atoms with Crippen molar-refractivity contribution >= 4 is 15.9 Å². The van der Waals surface area contributed by atoms with Crippen LogP contribution in [-0.2, 0) is 6.54 Å². The summed E-state index contributed by atoms with van der Waals surface area (Å²) in [5.41, 5.74) is 1.66. The Morgan fingerprint density at radius 3 is 2.77 bits per heavy atom. The Bertz CT molecular complexity index is 680. The first-order chi connectivity index (χ1) is 10.7. The van der Waals surface area contributed by atoms with E-state index in [4.69, 9.17) is 10.8 Å². The SMILES string of the molecule is C#CC1(NCc2coc(-c3ccccc3Br)n2)CCCCC1. The minimum atomic E-state index is -0.176. The molecule has 3 rings (SSSR count). The summed E-state index contributed by atoms with van der Waals surface area (Å²) in [5.74, 6) is 3.59. The molecular formula is C18H19BrN2O. The molecule has 1 heterocycles. The molecule has 1 aliphatic carbocycles. The molecule has 0 unspecified atom stereocenters. The van der Waals surface area contributed by atoms with Crippen molar-refractivity contribution in [2.45, 2.75) is 44.2 Å². The number of aromatic nitrogens is 1. The Morgan fingerprint density at radius 1 is 1.27 bits per heavy atom. The average Bonchev–Trinajstić information content (AvgIpc) is 3.03. The van der Waals surface area contributed by atoms with Crippen molar-refractivity contribution in [3.8, 4) is 23.8 Å². The van der Waals surface area contributed by atoms with Gasteiger partial charge >= 0.3 is 0 Å². The largest absolute Gasteiger partial charge is 0.444 e. The molecule has 1 N–H and O–H groups in total. The maximum absolute atomic E-state index is 5.76. The minimum absolute atomic E-state index is 0.176. The van der Waals surface area contributed by atoms with Gasteiger partial charge < -0.3 is 4.42 Å².